The summed E-state index contributed by atoms with van der Waals surface area (Å²) in [5.74, 6) is -0.304. The number of alkyl halides is 9. The van der Waals surface area contributed by atoms with E-state index in [0.717, 1.165) is 20.7 Å². The largest absolute Gasteiger partial charge is 0.446 e. The van der Waals surface area contributed by atoms with Gasteiger partial charge in [-0.15, -0.1) is 5.10 Å². The SMILES string of the molecule is CCC1CC(N(Cc2cc(C(F)(F)F)cc(C(F)(F)F)c2)c2nnn(C)n2)c2nc(C(F)(F)F)ccc2N1C(=O)OC(C)C. The molecular weight excluding hydrogens is 613 g/mol. The van der Waals surface area contributed by atoms with Gasteiger partial charge in [0.2, 0.25) is 0 Å². The van der Waals surface area contributed by atoms with Gasteiger partial charge in [-0.1, -0.05) is 12.0 Å². The molecule has 3 aromatic rings. The lowest BCUT2D eigenvalue weighted by Crippen LogP contribution is -2.49. The first-order valence-corrected chi connectivity index (χ1v) is 13.2. The Kier molecular flexibility index (Phi) is 8.76. The van der Waals surface area contributed by atoms with Crippen molar-refractivity contribution in [1.82, 2.24) is 25.2 Å². The van der Waals surface area contributed by atoms with Crippen molar-refractivity contribution in [1.29, 1.82) is 0 Å². The van der Waals surface area contributed by atoms with Crippen molar-refractivity contribution in [2.75, 3.05) is 9.80 Å². The van der Waals surface area contributed by atoms with Gasteiger partial charge in [0.25, 0.3) is 5.95 Å². The number of tetrazole rings is 1. The van der Waals surface area contributed by atoms with E-state index in [-0.39, 0.29) is 36.2 Å². The fourth-order valence-corrected chi connectivity index (χ4v) is 4.89. The van der Waals surface area contributed by atoms with Gasteiger partial charge < -0.3 is 9.64 Å². The third-order valence-corrected chi connectivity index (χ3v) is 6.76. The lowest BCUT2D eigenvalue weighted by Gasteiger charge is -2.43. The molecule has 3 heterocycles. The van der Waals surface area contributed by atoms with Crippen molar-refractivity contribution < 1.29 is 49.0 Å². The molecule has 1 amide bonds. The Morgan fingerprint density at radius 1 is 1.00 bits per heavy atom. The van der Waals surface area contributed by atoms with Crippen LogP contribution in [0.2, 0.25) is 0 Å². The number of hydrogen-bond acceptors (Lipinski definition) is 7. The Hall–Kier alpha value is -4.12. The van der Waals surface area contributed by atoms with E-state index in [4.69, 9.17) is 4.74 Å². The van der Waals surface area contributed by atoms with Gasteiger partial charge in [0, 0.05) is 12.6 Å². The molecule has 0 N–H and O–H groups in total. The van der Waals surface area contributed by atoms with Crippen LogP contribution >= 0.6 is 0 Å². The lowest BCUT2D eigenvalue weighted by molar-refractivity contribution is -0.143. The second-order valence-electron chi connectivity index (χ2n) is 10.3. The Labute approximate surface area is 244 Å². The monoisotopic (exact) mass is 639 g/mol. The molecule has 1 aliphatic heterocycles. The van der Waals surface area contributed by atoms with Gasteiger partial charge >= 0.3 is 24.6 Å². The third-order valence-electron chi connectivity index (χ3n) is 6.76. The molecule has 0 spiro atoms. The number of ether oxygens (including phenoxy) is 1. The second-order valence-corrected chi connectivity index (χ2v) is 10.3. The molecule has 0 radical (unpaired) electrons. The van der Waals surface area contributed by atoms with E-state index in [1.54, 1.807) is 20.8 Å². The number of anilines is 2. The number of aromatic nitrogens is 5. The van der Waals surface area contributed by atoms with E-state index in [1.807, 2.05) is 0 Å². The zero-order chi connectivity index (χ0) is 32.8. The average Bonchev–Trinajstić information content (AvgIpc) is 3.34. The van der Waals surface area contributed by atoms with Gasteiger partial charge in [-0.3, -0.25) is 4.90 Å². The lowest BCUT2D eigenvalue weighted by atomic mass is 9.91. The second kappa shape index (κ2) is 11.8. The Morgan fingerprint density at radius 3 is 2.09 bits per heavy atom. The van der Waals surface area contributed by atoms with Crippen LogP contribution in [0.15, 0.2) is 30.3 Å². The van der Waals surface area contributed by atoms with Crippen LogP contribution in [-0.4, -0.2) is 43.4 Å². The van der Waals surface area contributed by atoms with Crippen molar-refractivity contribution in [3.05, 3.63) is 58.4 Å². The summed E-state index contributed by atoms with van der Waals surface area (Å²) in [6.45, 7) is 4.12. The number of nitrogens with zero attached hydrogens (tertiary/aromatic N) is 7. The quantitative estimate of drug-likeness (QED) is 0.270. The molecule has 0 saturated heterocycles. The predicted octanol–water partition coefficient (Wildman–Crippen LogP) is 6.94. The van der Waals surface area contributed by atoms with Crippen LogP contribution in [0.4, 0.5) is 55.9 Å². The third kappa shape index (κ3) is 6.99. The molecule has 2 unspecified atom stereocenters. The van der Waals surface area contributed by atoms with Gasteiger partial charge in [-0.2, -0.15) is 44.3 Å². The number of hydrogen-bond donors (Lipinski definition) is 0. The molecule has 44 heavy (non-hydrogen) atoms. The molecule has 1 aromatic carbocycles. The molecule has 2 atom stereocenters. The maximum atomic E-state index is 13.8. The van der Waals surface area contributed by atoms with E-state index in [2.05, 4.69) is 20.4 Å². The summed E-state index contributed by atoms with van der Waals surface area (Å²) in [7, 11) is 1.34. The van der Waals surface area contributed by atoms with Crippen molar-refractivity contribution in [2.24, 2.45) is 7.05 Å². The number of carbonyl (C=O) groups excluding carboxylic acids is 1. The highest BCUT2D eigenvalue weighted by Gasteiger charge is 2.44. The number of halogens is 9. The van der Waals surface area contributed by atoms with Crippen LogP contribution in [0.25, 0.3) is 0 Å². The van der Waals surface area contributed by atoms with Crippen molar-refractivity contribution in [2.45, 2.75) is 76.9 Å². The molecule has 240 valence electrons. The zero-order valence-electron chi connectivity index (χ0n) is 23.6. The summed E-state index contributed by atoms with van der Waals surface area (Å²) in [4.78, 5) is 20.1. The number of fused-ring (bicyclic) bond motifs is 1. The number of pyridine rings is 1. The standard InChI is InChI=1S/C26H26F9N7O2/c1-5-17-11-19(21-18(42(17)23(43)44-13(2)3)6-7-20(36-21)26(33,34)35)41(22-37-39-40(4)38-22)12-14-8-15(24(27,28)29)10-16(9-14)25(30,31)32/h6-10,13,17,19H,5,11-12H2,1-4H3. The summed E-state index contributed by atoms with van der Waals surface area (Å²) >= 11 is 0. The highest BCUT2D eigenvalue weighted by molar-refractivity contribution is 5.90. The first kappa shape index (κ1) is 32.8. The van der Waals surface area contributed by atoms with Crippen molar-refractivity contribution >= 4 is 17.7 Å². The molecule has 2 aromatic heterocycles. The summed E-state index contributed by atoms with van der Waals surface area (Å²) in [5, 5.41) is 11.6. The summed E-state index contributed by atoms with van der Waals surface area (Å²) < 4.78 is 129. The minimum Gasteiger partial charge on any atom is -0.446 e. The number of aryl methyl sites for hydroxylation is 1. The minimum atomic E-state index is -5.14. The Balaban J connectivity index is 1.93. The van der Waals surface area contributed by atoms with Crippen LogP contribution in [0.3, 0.4) is 0 Å². The zero-order valence-corrected chi connectivity index (χ0v) is 23.6. The molecule has 0 saturated carbocycles. The molecule has 0 aliphatic carbocycles. The van der Waals surface area contributed by atoms with Gasteiger partial charge in [0.1, 0.15) is 5.69 Å². The number of amides is 1. The number of benzene rings is 1. The maximum Gasteiger partial charge on any atom is 0.433 e. The predicted molar refractivity (Wildman–Crippen MR) is 136 cm³/mol. The van der Waals surface area contributed by atoms with Crippen LogP contribution < -0.4 is 9.80 Å². The molecule has 9 nitrogen and oxygen atoms in total. The molecule has 0 bridgehead atoms. The molecule has 1 aliphatic rings. The fraction of sp³-hybridized carbons (Fsp3) is 0.500. The van der Waals surface area contributed by atoms with Gasteiger partial charge in [0.05, 0.1) is 41.7 Å². The minimum absolute atomic E-state index is 0.0349. The summed E-state index contributed by atoms with van der Waals surface area (Å²) in [6.07, 6.45) is -16.6. The van der Waals surface area contributed by atoms with Gasteiger partial charge in [0.15, 0.2) is 0 Å². The Morgan fingerprint density at radius 2 is 1.61 bits per heavy atom. The van der Waals surface area contributed by atoms with Gasteiger partial charge in [-0.25, -0.2) is 9.78 Å². The number of carbonyl (C=O) groups is 1. The smallest absolute Gasteiger partial charge is 0.433 e. The van der Waals surface area contributed by atoms with Crippen LogP contribution in [0.5, 0.6) is 0 Å². The van der Waals surface area contributed by atoms with Crippen LogP contribution in [0.1, 0.15) is 67.7 Å². The first-order valence-electron chi connectivity index (χ1n) is 13.2. The molecule has 0 fully saturated rings. The van der Waals surface area contributed by atoms with E-state index in [1.165, 1.54) is 7.05 Å². The van der Waals surface area contributed by atoms with E-state index >= 15 is 0 Å². The molecule has 4 rings (SSSR count). The van der Waals surface area contributed by atoms with Gasteiger partial charge in [-0.05, 0) is 67.8 Å². The summed E-state index contributed by atoms with van der Waals surface area (Å²) in [5.41, 5.74) is -5.39. The molecule has 18 heteroatoms. The average molecular weight is 640 g/mol. The fourth-order valence-electron chi connectivity index (χ4n) is 4.89. The highest BCUT2D eigenvalue weighted by Crippen LogP contribution is 2.44. The van der Waals surface area contributed by atoms with E-state index in [0.29, 0.717) is 18.2 Å². The highest BCUT2D eigenvalue weighted by atomic mass is 19.4. The normalized spacial score (nSPS) is 17.5. The van der Waals surface area contributed by atoms with E-state index in [9.17, 15) is 44.3 Å². The van der Waals surface area contributed by atoms with Crippen LogP contribution in [-0.2, 0) is 36.9 Å². The Bertz CT molecular complexity index is 1470. The topological polar surface area (TPSA) is 89.3 Å². The van der Waals surface area contributed by atoms with Crippen molar-refractivity contribution in [3.8, 4) is 0 Å². The summed E-state index contributed by atoms with van der Waals surface area (Å²) in [6, 6.07) is 0.675. The van der Waals surface area contributed by atoms with E-state index < -0.39 is 71.7 Å². The maximum absolute atomic E-state index is 13.8. The van der Waals surface area contributed by atoms with Crippen molar-refractivity contribution in [3.63, 3.8) is 0 Å². The first-order chi connectivity index (χ1) is 20.3. The number of rotatable bonds is 6. The molecular formula is C26H26F9N7O2. The van der Waals surface area contributed by atoms with Crippen LogP contribution in [0, 0.1) is 0 Å².